The molecule has 3 rings (SSSR count). The van der Waals surface area contributed by atoms with Crippen LogP contribution in [0, 0.1) is 0 Å². The van der Waals surface area contributed by atoms with E-state index in [9.17, 15) is 0 Å². The molecule has 0 bridgehead atoms. The van der Waals surface area contributed by atoms with Gasteiger partial charge in [0, 0.05) is 43.2 Å². The Balaban J connectivity index is 1.88. The lowest BCUT2D eigenvalue weighted by Crippen LogP contribution is -2.24. The minimum atomic E-state index is 0.845. The van der Waals surface area contributed by atoms with Crippen LogP contribution in [0.4, 0.5) is 0 Å². The average molecular weight is 214 g/mol. The molecule has 2 aromatic heterocycles. The van der Waals surface area contributed by atoms with Crippen LogP contribution < -0.4 is 5.32 Å². The summed E-state index contributed by atoms with van der Waals surface area (Å²) in [6.45, 7) is 2.85. The van der Waals surface area contributed by atoms with Gasteiger partial charge in [-0.2, -0.15) is 5.10 Å². The van der Waals surface area contributed by atoms with Gasteiger partial charge in [0.05, 0.1) is 12.7 Å². The van der Waals surface area contributed by atoms with Crippen LogP contribution in [0.5, 0.6) is 0 Å². The molecular formula is C12H14N4. The Morgan fingerprint density at radius 1 is 1.31 bits per heavy atom. The van der Waals surface area contributed by atoms with Crippen molar-refractivity contribution < 1.29 is 0 Å². The molecule has 0 spiro atoms. The summed E-state index contributed by atoms with van der Waals surface area (Å²) in [5.41, 5.74) is 3.95. The molecule has 1 aliphatic rings. The molecule has 0 aromatic carbocycles. The summed E-state index contributed by atoms with van der Waals surface area (Å²) in [5, 5.41) is 7.80. The molecule has 2 aromatic rings. The van der Waals surface area contributed by atoms with Crippen LogP contribution in [0.2, 0.25) is 0 Å². The van der Waals surface area contributed by atoms with Crippen molar-refractivity contribution in [3.63, 3.8) is 0 Å². The van der Waals surface area contributed by atoms with E-state index in [0.717, 1.165) is 26.1 Å². The lowest BCUT2D eigenvalue weighted by atomic mass is 10.1. The van der Waals surface area contributed by atoms with Crippen LogP contribution in [0.3, 0.4) is 0 Å². The Hall–Kier alpha value is -1.68. The highest BCUT2D eigenvalue weighted by Gasteiger charge is 2.14. The molecule has 4 nitrogen and oxygen atoms in total. The Morgan fingerprint density at radius 2 is 2.19 bits per heavy atom. The average Bonchev–Trinajstić information content (AvgIpc) is 2.74. The van der Waals surface area contributed by atoms with E-state index in [1.807, 2.05) is 30.7 Å². The molecule has 1 N–H and O–H groups in total. The third-order valence-corrected chi connectivity index (χ3v) is 2.97. The van der Waals surface area contributed by atoms with Crippen LogP contribution in [0.1, 0.15) is 16.8 Å². The maximum Gasteiger partial charge on any atom is 0.0663 e. The van der Waals surface area contributed by atoms with E-state index in [1.165, 1.54) is 16.8 Å². The topological polar surface area (TPSA) is 42.7 Å². The van der Waals surface area contributed by atoms with Crippen LogP contribution in [-0.2, 0) is 19.5 Å². The molecule has 4 heteroatoms. The van der Waals surface area contributed by atoms with Crippen molar-refractivity contribution in [2.45, 2.75) is 19.5 Å². The molecule has 0 saturated heterocycles. The van der Waals surface area contributed by atoms with Gasteiger partial charge in [-0.25, -0.2) is 0 Å². The highest BCUT2D eigenvalue weighted by atomic mass is 15.3. The molecular weight excluding hydrogens is 200 g/mol. The Kier molecular flexibility index (Phi) is 2.42. The van der Waals surface area contributed by atoms with Crippen LogP contribution >= 0.6 is 0 Å². The smallest absolute Gasteiger partial charge is 0.0663 e. The van der Waals surface area contributed by atoms with Gasteiger partial charge in [-0.15, -0.1) is 0 Å². The predicted octanol–water partition coefficient (Wildman–Crippen LogP) is 0.972. The van der Waals surface area contributed by atoms with Crippen LogP contribution in [0.25, 0.3) is 0 Å². The Labute approximate surface area is 94.3 Å². The monoisotopic (exact) mass is 214 g/mol. The number of rotatable bonds is 2. The van der Waals surface area contributed by atoms with E-state index in [1.54, 1.807) is 0 Å². The molecule has 1 aliphatic heterocycles. The lowest BCUT2D eigenvalue weighted by molar-refractivity contribution is 0.582. The zero-order valence-electron chi connectivity index (χ0n) is 9.06. The summed E-state index contributed by atoms with van der Waals surface area (Å²) in [6, 6.07) is 4.07. The highest BCUT2D eigenvalue weighted by Crippen LogP contribution is 2.14. The molecule has 0 aliphatic carbocycles. The van der Waals surface area contributed by atoms with Gasteiger partial charge in [-0.1, -0.05) is 0 Å². The molecule has 16 heavy (non-hydrogen) atoms. The highest BCUT2D eigenvalue weighted by molar-refractivity contribution is 5.22. The van der Waals surface area contributed by atoms with E-state index in [4.69, 9.17) is 0 Å². The first kappa shape index (κ1) is 9.54. The SMILES string of the molecule is c1cc(Cn2ncc3c2CCNC3)ccn1. The van der Waals surface area contributed by atoms with Crippen LogP contribution in [-0.4, -0.2) is 21.3 Å². The van der Waals surface area contributed by atoms with Crippen molar-refractivity contribution in [2.75, 3.05) is 6.54 Å². The van der Waals surface area contributed by atoms with E-state index >= 15 is 0 Å². The Morgan fingerprint density at radius 3 is 3.06 bits per heavy atom. The van der Waals surface area contributed by atoms with Gasteiger partial charge in [0.25, 0.3) is 0 Å². The van der Waals surface area contributed by atoms with Gasteiger partial charge in [0.15, 0.2) is 0 Å². The van der Waals surface area contributed by atoms with E-state index < -0.39 is 0 Å². The van der Waals surface area contributed by atoms with Gasteiger partial charge in [-0.3, -0.25) is 9.67 Å². The second kappa shape index (κ2) is 4.06. The maximum absolute atomic E-state index is 4.45. The molecule has 0 amide bonds. The summed E-state index contributed by atoms with van der Waals surface area (Å²) in [5.74, 6) is 0. The Bertz CT molecular complexity index is 475. The van der Waals surface area contributed by atoms with Crippen molar-refractivity contribution in [1.82, 2.24) is 20.1 Å². The minimum Gasteiger partial charge on any atom is -0.312 e. The van der Waals surface area contributed by atoms with Crippen molar-refractivity contribution in [3.05, 3.63) is 47.5 Å². The van der Waals surface area contributed by atoms with Crippen molar-refractivity contribution in [1.29, 1.82) is 0 Å². The fraction of sp³-hybridized carbons (Fsp3) is 0.333. The number of hydrogen-bond donors (Lipinski definition) is 1. The van der Waals surface area contributed by atoms with Crippen molar-refractivity contribution >= 4 is 0 Å². The van der Waals surface area contributed by atoms with E-state index in [2.05, 4.69) is 20.1 Å². The summed E-state index contributed by atoms with van der Waals surface area (Å²) >= 11 is 0. The van der Waals surface area contributed by atoms with Gasteiger partial charge in [0.1, 0.15) is 0 Å². The van der Waals surface area contributed by atoms with Gasteiger partial charge in [-0.05, 0) is 17.7 Å². The number of hydrogen-bond acceptors (Lipinski definition) is 3. The van der Waals surface area contributed by atoms with Gasteiger partial charge in [0.2, 0.25) is 0 Å². The quantitative estimate of drug-likeness (QED) is 0.810. The number of aromatic nitrogens is 3. The van der Waals surface area contributed by atoms with Crippen molar-refractivity contribution in [2.24, 2.45) is 0 Å². The molecule has 0 fully saturated rings. The van der Waals surface area contributed by atoms with E-state index in [0.29, 0.717) is 0 Å². The summed E-state index contributed by atoms with van der Waals surface area (Å²) in [6.07, 6.45) is 6.70. The molecule has 0 atom stereocenters. The molecule has 0 radical (unpaired) electrons. The molecule has 0 saturated carbocycles. The first-order valence-corrected chi connectivity index (χ1v) is 5.56. The maximum atomic E-state index is 4.45. The number of pyridine rings is 1. The second-order valence-corrected chi connectivity index (χ2v) is 4.06. The van der Waals surface area contributed by atoms with Crippen molar-refractivity contribution in [3.8, 4) is 0 Å². The standard InChI is InChI=1S/C12H14N4/c1-4-13-5-2-10(1)9-16-12-3-6-14-7-11(12)8-15-16/h1-2,4-5,8,14H,3,6-7,9H2. The predicted molar refractivity (Wildman–Crippen MR) is 61.0 cm³/mol. The molecule has 0 unspecified atom stereocenters. The normalized spacial score (nSPS) is 14.8. The summed E-state index contributed by atoms with van der Waals surface area (Å²) in [7, 11) is 0. The molecule has 3 heterocycles. The van der Waals surface area contributed by atoms with Gasteiger partial charge < -0.3 is 5.32 Å². The zero-order chi connectivity index (χ0) is 10.8. The first-order valence-electron chi connectivity index (χ1n) is 5.56. The fourth-order valence-corrected chi connectivity index (χ4v) is 2.11. The first-order chi connectivity index (χ1) is 7.93. The van der Waals surface area contributed by atoms with Gasteiger partial charge >= 0.3 is 0 Å². The zero-order valence-corrected chi connectivity index (χ0v) is 9.06. The summed E-state index contributed by atoms with van der Waals surface area (Å²) in [4.78, 5) is 4.02. The third-order valence-electron chi connectivity index (χ3n) is 2.97. The number of fused-ring (bicyclic) bond motifs is 1. The van der Waals surface area contributed by atoms with E-state index in [-0.39, 0.29) is 0 Å². The second-order valence-electron chi connectivity index (χ2n) is 4.06. The lowest BCUT2D eigenvalue weighted by Gasteiger charge is -2.15. The largest absolute Gasteiger partial charge is 0.312 e. The summed E-state index contributed by atoms with van der Waals surface area (Å²) < 4.78 is 2.10. The molecule has 82 valence electrons. The minimum absolute atomic E-state index is 0.845. The number of nitrogens with one attached hydrogen (secondary N) is 1. The number of nitrogens with zero attached hydrogens (tertiary/aromatic N) is 3. The third kappa shape index (κ3) is 1.72. The fourth-order valence-electron chi connectivity index (χ4n) is 2.11. The van der Waals surface area contributed by atoms with Crippen LogP contribution in [0.15, 0.2) is 30.7 Å².